The number of nitrogens with zero attached hydrogens (tertiary/aromatic N) is 5. The van der Waals surface area contributed by atoms with Crippen molar-refractivity contribution in [2.24, 2.45) is 0 Å². The van der Waals surface area contributed by atoms with E-state index in [4.69, 9.17) is 9.05 Å². The number of hydrogen-bond acceptors (Lipinski definition) is 7. The molecule has 1 aromatic rings. The summed E-state index contributed by atoms with van der Waals surface area (Å²) in [6, 6.07) is 6.09. The largest absolute Gasteiger partial charge is 0.332 e. The van der Waals surface area contributed by atoms with Crippen LogP contribution in [-0.4, -0.2) is 95.6 Å². The van der Waals surface area contributed by atoms with E-state index in [0.717, 1.165) is 31.7 Å². The Bertz CT molecular complexity index is 913. The summed E-state index contributed by atoms with van der Waals surface area (Å²) >= 11 is 0. The zero-order valence-corrected chi connectivity index (χ0v) is 21.0. The molecule has 0 saturated carbocycles. The van der Waals surface area contributed by atoms with Crippen LogP contribution in [0.15, 0.2) is 24.3 Å². The fraction of sp³-hybridized carbons (Fsp3) is 0.700. The molecule has 0 radical (unpaired) electrons. The quantitative estimate of drug-likeness (QED) is 0.284. The Morgan fingerprint density at radius 1 is 0.939 bits per heavy atom. The van der Waals surface area contributed by atoms with E-state index in [-0.39, 0.29) is 31.1 Å². The third-order valence-corrected chi connectivity index (χ3v) is 12.1. The first-order valence-corrected chi connectivity index (χ1v) is 14.8. The normalized spacial score (nSPS) is 23.2. The Labute approximate surface area is 194 Å². The van der Waals surface area contributed by atoms with Crippen molar-refractivity contribution in [1.29, 1.82) is 0 Å². The molecule has 0 spiro atoms. The molecule has 1 atom stereocenters. The van der Waals surface area contributed by atoms with Crippen molar-refractivity contribution in [1.82, 2.24) is 18.9 Å². The number of non-ortho nitro benzene ring substituents is 1. The van der Waals surface area contributed by atoms with Gasteiger partial charge in [0, 0.05) is 70.5 Å². The number of benzene rings is 1. The lowest BCUT2D eigenvalue weighted by molar-refractivity contribution is -0.384. The smallest absolute Gasteiger partial charge is 0.309 e. The van der Waals surface area contributed by atoms with Crippen molar-refractivity contribution in [3.8, 4) is 0 Å². The Hall–Kier alpha value is -1.16. The van der Waals surface area contributed by atoms with Gasteiger partial charge < -0.3 is 9.05 Å². The summed E-state index contributed by atoms with van der Waals surface area (Å²) in [5, 5.41) is 11.1. The monoisotopic (exact) mass is 501 g/mol. The van der Waals surface area contributed by atoms with E-state index in [1.54, 1.807) is 26.0 Å². The van der Waals surface area contributed by atoms with E-state index in [2.05, 4.69) is 18.9 Å². The van der Waals surface area contributed by atoms with Crippen molar-refractivity contribution in [3.05, 3.63) is 39.9 Å². The number of rotatable bonds is 9. The van der Waals surface area contributed by atoms with E-state index in [9.17, 15) is 19.2 Å². The van der Waals surface area contributed by atoms with Gasteiger partial charge in [-0.05, 0) is 19.4 Å². The summed E-state index contributed by atoms with van der Waals surface area (Å²) in [4.78, 5) is 13.0. The van der Waals surface area contributed by atoms with Gasteiger partial charge in [-0.3, -0.25) is 24.1 Å². The van der Waals surface area contributed by atoms with E-state index in [1.165, 1.54) is 12.1 Å². The minimum absolute atomic E-state index is 0.0122. The van der Waals surface area contributed by atoms with Crippen molar-refractivity contribution >= 4 is 20.9 Å². The molecule has 3 aliphatic rings. The van der Waals surface area contributed by atoms with Crippen molar-refractivity contribution in [2.75, 3.05) is 71.7 Å². The third kappa shape index (κ3) is 4.97. The van der Waals surface area contributed by atoms with E-state index in [1.807, 2.05) is 0 Å². The summed E-state index contributed by atoms with van der Waals surface area (Å²) in [6.07, 6.45) is 0.149. The summed E-state index contributed by atoms with van der Waals surface area (Å²) in [5.74, 6) is 0. The molecular formula is C20H33N5O6P2. The Kier molecular flexibility index (Phi) is 7.73. The minimum Gasteiger partial charge on any atom is -0.309 e. The second-order valence-corrected chi connectivity index (χ2v) is 13.2. The second kappa shape index (κ2) is 10.2. The van der Waals surface area contributed by atoms with Crippen molar-refractivity contribution < 1.29 is 23.1 Å². The molecule has 13 heteroatoms. The SMILES string of the molecule is CCOP(=O)(CC(c1ccc([N+](=O)[O-])cc1)N1CCN2CCN3CCN(CC1)P23=O)OCC. The van der Waals surface area contributed by atoms with Crippen molar-refractivity contribution in [3.63, 3.8) is 0 Å². The first-order chi connectivity index (χ1) is 15.8. The molecule has 3 saturated heterocycles. The van der Waals surface area contributed by atoms with E-state index in [0.29, 0.717) is 26.2 Å². The van der Waals surface area contributed by atoms with Crippen LogP contribution in [0.2, 0.25) is 0 Å². The average Bonchev–Trinajstić information content (AvgIpc) is 3.25. The number of nitro benzene ring substituents is 1. The van der Waals surface area contributed by atoms with Gasteiger partial charge in [-0.1, -0.05) is 12.1 Å². The van der Waals surface area contributed by atoms with Gasteiger partial charge in [0.25, 0.3) is 13.3 Å². The van der Waals surface area contributed by atoms with Gasteiger partial charge in [-0.15, -0.1) is 0 Å². The van der Waals surface area contributed by atoms with Crippen LogP contribution in [0.3, 0.4) is 0 Å². The molecule has 33 heavy (non-hydrogen) atoms. The number of nitro groups is 1. The molecule has 4 rings (SSSR count). The van der Waals surface area contributed by atoms with Gasteiger partial charge in [0.15, 0.2) is 0 Å². The zero-order valence-electron chi connectivity index (χ0n) is 19.2. The lowest BCUT2D eigenvalue weighted by atomic mass is 10.1. The van der Waals surface area contributed by atoms with Crippen LogP contribution < -0.4 is 0 Å². The molecule has 3 aliphatic heterocycles. The maximum atomic E-state index is 13.8. The van der Waals surface area contributed by atoms with Crippen LogP contribution in [0.1, 0.15) is 25.5 Å². The lowest BCUT2D eigenvalue weighted by Gasteiger charge is -2.40. The van der Waals surface area contributed by atoms with E-state index >= 15 is 0 Å². The molecular weight excluding hydrogens is 468 g/mol. The molecule has 3 heterocycles. The molecule has 0 bridgehead atoms. The van der Waals surface area contributed by atoms with Gasteiger partial charge in [0.1, 0.15) is 0 Å². The highest BCUT2D eigenvalue weighted by Gasteiger charge is 2.52. The highest BCUT2D eigenvalue weighted by atomic mass is 31.2. The number of hydrogen-bond donors (Lipinski definition) is 0. The molecule has 11 nitrogen and oxygen atoms in total. The average molecular weight is 501 g/mol. The molecule has 0 amide bonds. The van der Waals surface area contributed by atoms with Gasteiger partial charge in [-0.25, -0.2) is 14.0 Å². The van der Waals surface area contributed by atoms with Crippen LogP contribution >= 0.6 is 15.2 Å². The Morgan fingerprint density at radius 2 is 1.39 bits per heavy atom. The van der Waals surface area contributed by atoms with Crippen LogP contribution in [0, 0.1) is 10.1 Å². The molecule has 3 fully saturated rings. The van der Waals surface area contributed by atoms with E-state index < -0.39 is 20.1 Å². The maximum Gasteiger partial charge on any atom is 0.332 e. The first-order valence-electron chi connectivity index (χ1n) is 11.5. The van der Waals surface area contributed by atoms with Crippen LogP contribution in [0.25, 0.3) is 0 Å². The standard InChI is InChI=1S/C20H33N5O6P2/c1-3-30-32(28,31-4-2)17-20(18-5-7-19(8-6-18)25(26)27)21-9-11-22-13-15-24-16-14-23(12-10-21)33(22,24)29/h5-8,20H,3-4,9-17H2,1-2H3. The molecule has 1 aromatic carbocycles. The van der Waals surface area contributed by atoms with Gasteiger partial charge in [-0.2, -0.15) is 0 Å². The van der Waals surface area contributed by atoms with Crippen LogP contribution in [0.4, 0.5) is 5.69 Å². The maximum absolute atomic E-state index is 13.8. The highest BCUT2D eigenvalue weighted by molar-refractivity contribution is 7.57. The molecule has 184 valence electrons. The molecule has 0 aromatic heterocycles. The fourth-order valence-electron chi connectivity index (χ4n) is 5.02. The molecule has 0 N–H and O–H groups in total. The summed E-state index contributed by atoms with van der Waals surface area (Å²) in [6.45, 7) is 9.88. The Morgan fingerprint density at radius 3 is 1.82 bits per heavy atom. The minimum atomic E-state index is -3.38. The summed E-state index contributed by atoms with van der Waals surface area (Å²) in [7, 11) is -6.01. The lowest BCUT2D eigenvalue weighted by Crippen LogP contribution is -2.45. The van der Waals surface area contributed by atoms with Crippen LogP contribution in [-0.2, 0) is 18.2 Å². The second-order valence-electron chi connectivity index (χ2n) is 8.40. The van der Waals surface area contributed by atoms with Crippen molar-refractivity contribution in [2.45, 2.75) is 19.9 Å². The Balaban J connectivity index is 1.62. The summed E-state index contributed by atoms with van der Waals surface area (Å²) < 4.78 is 44.7. The van der Waals surface area contributed by atoms with Crippen LogP contribution in [0.5, 0.6) is 0 Å². The fourth-order valence-corrected chi connectivity index (χ4v) is 10.1. The third-order valence-electron chi connectivity index (χ3n) is 6.61. The topological polar surface area (TPSA) is 109 Å². The van der Waals surface area contributed by atoms with Gasteiger partial charge in [0.05, 0.1) is 24.3 Å². The highest BCUT2D eigenvalue weighted by Crippen LogP contribution is 2.63. The predicted octanol–water partition coefficient (Wildman–Crippen LogP) is 3.26. The van der Waals surface area contributed by atoms with Gasteiger partial charge in [0.2, 0.25) is 0 Å². The van der Waals surface area contributed by atoms with Gasteiger partial charge >= 0.3 is 7.60 Å². The molecule has 0 aliphatic carbocycles. The zero-order chi connectivity index (χ0) is 23.6. The molecule has 1 unspecified atom stereocenters. The summed E-state index contributed by atoms with van der Waals surface area (Å²) in [5.41, 5.74) is 0.839. The first kappa shape index (κ1) is 24.9. The predicted molar refractivity (Wildman–Crippen MR) is 125 cm³/mol.